The SMILES string of the molecule is CN=C(NCCn1cccn1)N1CCC(OCC2CCCCO2)CC1. The van der Waals surface area contributed by atoms with E-state index in [1.54, 1.807) is 6.20 Å². The van der Waals surface area contributed by atoms with Crippen molar-refractivity contribution in [3.63, 3.8) is 0 Å². The molecule has 1 N–H and O–H groups in total. The van der Waals surface area contributed by atoms with Crippen molar-refractivity contribution in [1.29, 1.82) is 0 Å². The van der Waals surface area contributed by atoms with Gasteiger partial charge in [-0.1, -0.05) is 0 Å². The van der Waals surface area contributed by atoms with Gasteiger partial charge in [-0.3, -0.25) is 9.67 Å². The summed E-state index contributed by atoms with van der Waals surface area (Å²) in [5.41, 5.74) is 0. The van der Waals surface area contributed by atoms with E-state index in [1.165, 1.54) is 12.8 Å². The molecule has 0 aliphatic carbocycles. The molecular weight excluding hydrogens is 318 g/mol. The largest absolute Gasteiger partial charge is 0.376 e. The molecule has 2 aliphatic heterocycles. The van der Waals surface area contributed by atoms with Gasteiger partial charge in [0.25, 0.3) is 0 Å². The van der Waals surface area contributed by atoms with Crippen LogP contribution in [-0.2, 0) is 16.0 Å². The van der Waals surface area contributed by atoms with E-state index in [0.29, 0.717) is 12.2 Å². The van der Waals surface area contributed by atoms with Crippen LogP contribution in [0.15, 0.2) is 23.5 Å². The molecule has 1 atom stereocenters. The predicted molar refractivity (Wildman–Crippen MR) is 97.7 cm³/mol. The molecule has 2 aliphatic rings. The summed E-state index contributed by atoms with van der Waals surface area (Å²) in [5, 5.41) is 7.65. The van der Waals surface area contributed by atoms with Gasteiger partial charge in [0.2, 0.25) is 0 Å². The number of hydrogen-bond acceptors (Lipinski definition) is 4. The van der Waals surface area contributed by atoms with Gasteiger partial charge < -0.3 is 19.7 Å². The smallest absolute Gasteiger partial charge is 0.193 e. The van der Waals surface area contributed by atoms with E-state index in [1.807, 2.05) is 24.0 Å². The molecule has 3 heterocycles. The van der Waals surface area contributed by atoms with Crippen molar-refractivity contribution in [2.45, 2.75) is 50.9 Å². The third kappa shape index (κ3) is 5.71. The molecule has 0 spiro atoms. The summed E-state index contributed by atoms with van der Waals surface area (Å²) in [7, 11) is 1.85. The second-order valence-electron chi connectivity index (χ2n) is 6.75. The van der Waals surface area contributed by atoms with E-state index in [0.717, 1.165) is 64.6 Å². The number of aliphatic imine (C=N–C) groups is 1. The fourth-order valence-electron chi connectivity index (χ4n) is 3.46. The number of nitrogens with one attached hydrogen (secondary N) is 1. The number of guanidine groups is 1. The van der Waals surface area contributed by atoms with E-state index in [-0.39, 0.29) is 0 Å². The van der Waals surface area contributed by atoms with Crippen molar-refractivity contribution < 1.29 is 9.47 Å². The standard InChI is InChI=1S/C18H31N5O2/c1-19-18(20-9-13-23-10-4-8-21-23)22-11-6-16(7-12-22)25-15-17-5-2-3-14-24-17/h4,8,10,16-17H,2-3,5-7,9,11-15H2,1H3,(H,19,20). The molecule has 0 amide bonds. The molecule has 2 fully saturated rings. The molecule has 3 rings (SSSR count). The zero-order chi connectivity index (χ0) is 17.3. The van der Waals surface area contributed by atoms with Crippen LogP contribution in [0.3, 0.4) is 0 Å². The number of rotatable bonds is 6. The number of aromatic nitrogens is 2. The highest BCUT2D eigenvalue weighted by Gasteiger charge is 2.23. The molecule has 0 saturated carbocycles. The fraction of sp³-hybridized carbons (Fsp3) is 0.778. The number of hydrogen-bond donors (Lipinski definition) is 1. The van der Waals surface area contributed by atoms with Gasteiger partial charge in [0.1, 0.15) is 0 Å². The van der Waals surface area contributed by atoms with Crippen molar-refractivity contribution in [1.82, 2.24) is 20.0 Å². The molecule has 140 valence electrons. The average Bonchev–Trinajstić information content (AvgIpc) is 3.18. The minimum absolute atomic E-state index is 0.309. The Morgan fingerprint density at radius 1 is 1.32 bits per heavy atom. The lowest BCUT2D eigenvalue weighted by molar-refractivity contribution is -0.0721. The third-order valence-corrected chi connectivity index (χ3v) is 4.93. The van der Waals surface area contributed by atoms with E-state index < -0.39 is 0 Å². The minimum atomic E-state index is 0.309. The summed E-state index contributed by atoms with van der Waals surface area (Å²) in [5.74, 6) is 0.973. The highest BCUT2D eigenvalue weighted by Crippen LogP contribution is 2.17. The molecule has 1 aromatic heterocycles. The Balaban J connectivity index is 1.33. The third-order valence-electron chi connectivity index (χ3n) is 4.93. The lowest BCUT2D eigenvalue weighted by atomic mass is 10.1. The van der Waals surface area contributed by atoms with Crippen molar-refractivity contribution in [2.75, 3.05) is 39.9 Å². The second-order valence-corrected chi connectivity index (χ2v) is 6.75. The lowest BCUT2D eigenvalue weighted by Crippen LogP contribution is -2.47. The Kier molecular flexibility index (Phi) is 7.11. The second kappa shape index (κ2) is 9.77. The van der Waals surface area contributed by atoms with Crippen LogP contribution in [0.4, 0.5) is 0 Å². The maximum Gasteiger partial charge on any atom is 0.193 e. The molecule has 0 aromatic carbocycles. The normalized spacial score (nSPS) is 23.0. The first kappa shape index (κ1) is 18.2. The first-order valence-electron chi connectivity index (χ1n) is 9.51. The Bertz CT molecular complexity index is 506. The average molecular weight is 349 g/mol. The first-order chi connectivity index (χ1) is 12.3. The summed E-state index contributed by atoms with van der Waals surface area (Å²) in [4.78, 5) is 6.74. The van der Waals surface area contributed by atoms with Crippen LogP contribution in [0, 0.1) is 0 Å². The predicted octanol–water partition coefficient (Wildman–Crippen LogP) is 1.51. The molecule has 25 heavy (non-hydrogen) atoms. The first-order valence-corrected chi connectivity index (χ1v) is 9.51. The van der Waals surface area contributed by atoms with Gasteiger partial charge in [-0.2, -0.15) is 5.10 Å². The summed E-state index contributed by atoms with van der Waals surface area (Å²) < 4.78 is 13.8. The highest BCUT2D eigenvalue weighted by atomic mass is 16.5. The van der Waals surface area contributed by atoms with Gasteiger partial charge in [0.05, 0.1) is 25.4 Å². The zero-order valence-corrected chi connectivity index (χ0v) is 15.3. The van der Waals surface area contributed by atoms with Gasteiger partial charge >= 0.3 is 0 Å². The van der Waals surface area contributed by atoms with E-state index in [2.05, 4.69) is 20.3 Å². The summed E-state index contributed by atoms with van der Waals surface area (Å²) >= 11 is 0. The van der Waals surface area contributed by atoms with E-state index in [4.69, 9.17) is 9.47 Å². The molecule has 2 saturated heterocycles. The number of nitrogens with zero attached hydrogens (tertiary/aromatic N) is 4. The minimum Gasteiger partial charge on any atom is -0.376 e. The zero-order valence-electron chi connectivity index (χ0n) is 15.3. The Labute approximate surface area is 150 Å². The summed E-state index contributed by atoms with van der Waals surface area (Å²) in [6.45, 7) is 5.28. The van der Waals surface area contributed by atoms with Crippen LogP contribution < -0.4 is 5.32 Å². The molecule has 0 radical (unpaired) electrons. The molecule has 1 unspecified atom stereocenters. The molecular formula is C18H31N5O2. The number of ether oxygens (including phenoxy) is 2. The molecule has 7 nitrogen and oxygen atoms in total. The summed E-state index contributed by atoms with van der Waals surface area (Å²) in [6, 6.07) is 1.94. The maximum atomic E-state index is 6.09. The Morgan fingerprint density at radius 2 is 2.20 bits per heavy atom. The molecule has 0 bridgehead atoms. The van der Waals surface area contributed by atoms with Gasteiger partial charge in [-0.05, 0) is 38.2 Å². The molecule has 1 aromatic rings. The van der Waals surface area contributed by atoms with Gasteiger partial charge in [-0.15, -0.1) is 0 Å². The van der Waals surface area contributed by atoms with Crippen LogP contribution in [-0.4, -0.2) is 72.7 Å². The molecule has 7 heteroatoms. The monoisotopic (exact) mass is 349 g/mol. The van der Waals surface area contributed by atoms with Crippen LogP contribution in [0.25, 0.3) is 0 Å². The van der Waals surface area contributed by atoms with Crippen molar-refractivity contribution in [2.24, 2.45) is 4.99 Å². The van der Waals surface area contributed by atoms with Crippen LogP contribution in [0.2, 0.25) is 0 Å². The van der Waals surface area contributed by atoms with Gasteiger partial charge in [0.15, 0.2) is 5.96 Å². The van der Waals surface area contributed by atoms with E-state index in [9.17, 15) is 0 Å². The van der Waals surface area contributed by atoms with Gasteiger partial charge in [-0.25, -0.2) is 0 Å². The van der Waals surface area contributed by atoms with Crippen LogP contribution >= 0.6 is 0 Å². The summed E-state index contributed by atoms with van der Waals surface area (Å²) in [6.07, 6.45) is 10.1. The van der Waals surface area contributed by atoms with Crippen molar-refractivity contribution >= 4 is 5.96 Å². The van der Waals surface area contributed by atoms with Crippen LogP contribution in [0.5, 0.6) is 0 Å². The topological polar surface area (TPSA) is 63.9 Å². The van der Waals surface area contributed by atoms with E-state index >= 15 is 0 Å². The highest BCUT2D eigenvalue weighted by molar-refractivity contribution is 5.79. The Morgan fingerprint density at radius 3 is 2.88 bits per heavy atom. The quantitative estimate of drug-likeness (QED) is 0.623. The Hall–Kier alpha value is -1.60. The fourth-order valence-corrected chi connectivity index (χ4v) is 3.46. The lowest BCUT2D eigenvalue weighted by Gasteiger charge is -2.35. The van der Waals surface area contributed by atoms with Gasteiger partial charge in [0, 0.05) is 45.7 Å². The number of piperidine rings is 1. The van der Waals surface area contributed by atoms with Crippen molar-refractivity contribution in [3.05, 3.63) is 18.5 Å². The van der Waals surface area contributed by atoms with Crippen molar-refractivity contribution in [3.8, 4) is 0 Å². The van der Waals surface area contributed by atoms with Crippen LogP contribution in [0.1, 0.15) is 32.1 Å². The maximum absolute atomic E-state index is 6.09. The number of likely N-dealkylation sites (tertiary alicyclic amines) is 1.